The summed E-state index contributed by atoms with van der Waals surface area (Å²) in [6, 6.07) is 0.551. The topological polar surface area (TPSA) is 24.5 Å². The molecule has 0 bridgehead atoms. The first-order valence-corrected chi connectivity index (χ1v) is 7.75. The third-order valence-electron chi connectivity index (χ3n) is 4.08. The van der Waals surface area contributed by atoms with Crippen molar-refractivity contribution in [2.24, 2.45) is 5.92 Å². The summed E-state index contributed by atoms with van der Waals surface area (Å²) in [5.41, 5.74) is 0. The lowest BCUT2D eigenvalue weighted by Crippen LogP contribution is -2.45. The maximum atomic E-state index is 5.39. The smallest absolute Gasteiger partial charge is 0.0630 e. The Morgan fingerprint density at radius 3 is 2.78 bits per heavy atom. The Hall–Kier alpha value is -0.120. The normalized spacial score (nSPS) is 23.8. The van der Waals surface area contributed by atoms with Gasteiger partial charge in [-0.1, -0.05) is 26.7 Å². The summed E-state index contributed by atoms with van der Waals surface area (Å²) in [5, 5.41) is 3.47. The molecule has 1 N–H and O–H groups in total. The zero-order valence-electron chi connectivity index (χ0n) is 12.6. The van der Waals surface area contributed by atoms with Crippen LogP contribution in [0.3, 0.4) is 0 Å². The monoisotopic (exact) mass is 256 g/mol. The molecule has 1 saturated heterocycles. The highest BCUT2D eigenvalue weighted by Gasteiger charge is 2.22. The third-order valence-corrected chi connectivity index (χ3v) is 4.08. The second-order valence-corrected chi connectivity index (χ2v) is 5.54. The molecule has 0 radical (unpaired) electrons. The van der Waals surface area contributed by atoms with Crippen molar-refractivity contribution in [3.8, 4) is 0 Å². The van der Waals surface area contributed by atoms with Crippen molar-refractivity contribution in [2.45, 2.75) is 52.0 Å². The summed E-state index contributed by atoms with van der Waals surface area (Å²) in [5.74, 6) is 0.960. The van der Waals surface area contributed by atoms with Crippen LogP contribution in [0.5, 0.6) is 0 Å². The fourth-order valence-electron chi connectivity index (χ4n) is 3.05. The van der Waals surface area contributed by atoms with Crippen LogP contribution < -0.4 is 5.32 Å². The van der Waals surface area contributed by atoms with E-state index in [1.807, 2.05) is 7.11 Å². The zero-order chi connectivity index (χ0) is 13.2. The molecule has 1 rings (SSSR count). The van der Waals surface area contributed by atoms with Gasteiger partial charge in [0.15, 0.2) is 0 Å². The van der Waals surface area contributed by atoms with E-state index in [0.717, 1.165) is 25.6 Å². The largest absolute Gasteiger partial charge is 0.383 e. The SMILES string of the molecule is CCCC1CCCN(C(CNCC)COC)CC1. The van der Waals surface area contributed by atoms with Gasteiger partial charge in [0, 0.05) is 19.7 Å². The molecule has 0 aromatic carbocycles. The first-order chi connectivity index (χ1) is 8.81. The molecule has 0 spiro atoms. The van der Waals surface area contributed by atoms with E-state index in [1.165, 1.54) is 45.2 Å². The van der Waals surface area contributed by atoms with Crippen molar-refractivity contribution in [3.05, 3.63) is 0 Å². The third kappa shape index (κ3) is 5.68. The highest BCUT2D eigenvalue weighted by atomic mass is 16.5. The van der Waals surface area contributed by atoms with Gasteiger partial charge in [-0.05, 0) is 44.8 Å². The van der Waals surface area contributed by atoms with Crippen LogP contribution in [0.15, 0.2) is 0 Å². The predicted molar refractivity (Wildman–Crippen MR) is 78.0 cm³/mol. The molecule has 2 unspecified atom stereocenters. The molecule has 0 aromatic rings. The Kier molecular flexibility index (Phi) is 8.64. The number of nitrogens with zero attached hydrogens (tertiary/aromatic N) is 1. The van der Waals surface area contributed by atoms with Crippen LogP contribution in [0, 0.1) is 5.92 Å². The Morgan fingerprint density at radius 2 is 2.11 bits per heavy atom. The first kappa shape index (κ1) is 15.9. The quantitative estimate of drug-likeness (QED) is 0.722. The van der Waals surface area contributed by atoms with Gasteiger partial charge in [-0.15, -0.1) is 0 Å². The maximum absolute atomic E-state index is 5.39. The molecule has 1 aliphatic heterocycles. The first-order valence-electron chi connectivity index (χ1n) is 7.75. The van der Waals surface area contributed by atoms with E-state index in [9.17, 15) is 0 Å². The van der Waals surface area contributed by atoms with E-state index in [2.05, 4.69) is 24.1 Å². The van der Waals surface area contributed by atoms with E-state index >= 15 is 0 Å². The van der Waals surface area contributed by atoms with Crippen molar-refractivity contribution in [1.29, 1.82) is 0 Å². The lowest BCUT2D eigenvalue weighted by atomic mass is 9.96. The number of rotatable bonds is 8. The van der Waals surface area contributed by atoms with Crippen LogP contribution in [0.1, 0.15) is 46.0 Å². The summed E-state index contributed by atoms with van der Waals surface area (Å²) in [4.78, 5) is 2.64. The summed E-state index contributed by atoms with van der Waals surface area (Å²) in [6.07, 6.45) is 6.90. The van der Waals surface area contributed by atoms with Gasteiger partial charge in [-0.2, -0.15) is 0 Å². The van der Waals surface area contributed by atoms with Gasteiger partial charge in [-0.3, -0.25) is 4.90 Å². The summed E-state index contributed by atoms with van der Waals surface area (Å²) in [6.45, 7) is 9.94. The maximum Gasteiger partial charge on any atom is 0.0630 e. The standard InChI is InChI=1S/C15H32N2O/c1-4-7-14-8-6-10-17(11-9-14)15(13-18-3)12-16-5-2/h14-16H,4-13H2,1-3H3. The van der Waals surface area contributed by atoms with Crippen molar-refractivity contribution >= 4 is 0 Å². The van der Waals surface area contributed by atoms with Crippen LogP contribution >= 0.6 is 0 Å². The van der Waals surface area contributed by atoms with E-state index in [0.29, 0.717) is 6.04 Å². The van der Waals surface area contributed by atoms with Crippen LogP contribution in [0.25, 0.3) is 0 Å². The highest BCUT2D eigenvalue weighted by Crippen LogP contribution is 2.22. The summed E-state index contributed by atoms with van der Waals surface area (Å²) >= 11 is 0. The zero-order valence-corrected chi connectivity index (χ0v) is 12.6. The van der Waals surface area contributed by atoms with Crippen molar-refractivity contribution < 1.29 is 4.74 Å². The number of methoxy groups -OCH3 is 1. The Balaban J connectivity index is 2.41. The van der Waals surface area contributed by atoms with E-state index in [-0.39, 0.29) is 0 Å². The molecule has 0 amide bonds. The van der Waals surface area contributed by atoms with Crippen LogP contribution in [-0.2, 0) is 4.74 Å². The molecular formula is C15H32N2O. The van der Waals surface area contributed by atoms with E-state index in [4.69, 9.17) is 4.74 Å². The fraction of sp³-hybridized carbons (Fsp3) is 1.00. The summed E-state index contributed by atoms with van der Waals surface area (Å²) < 4.78 is 5.39. The molecule has 0 aromatic heterocycles. The molecule has 0 saturated carbocycles. The molecule has 3 nitrogen and oxygen atoms in total. The Bertz CT molecular complexity index is 199. The van der Waals surface area contributed by atoms with Crippen LogP contribution in [0.2, 0.25) is 0 Å². The van der Waals surface area contributed by atoms with E-state index in [1.54, 1.807) is 0 Å². The lowest BCUT2D eigenvalue weighted by molar-refractivity contribution is 0.0907. The van der Waals surface area contributed by atoms with Gasteiger partial charge in [0.1, 0.15) is 0 Å². The predicted octanol–water partition coefficient (Wildman–Crippen LogP) is 2.51. The van der Waals surface area contributed by atoms with Crippen LogP contribution in [0.4, 0.5) is 0 Å². The Morgan fingerprint density at radius 1 is 1.28 bits per heavy atom. The molecule has 1 heterocycles. The Labute approximate surface area is 113 Å². The number of hydrogen-bond donors (Lipinski definition) is 1. The highest BCUT2D eigenvalue weighted by molar-refractivity contribution is 4.78. The average Bonchev–Trinajstić information content (AvgIpc) is 2.61. The number of ether oxygens (including phenoxy) is 1. The average molecular weight is 256 g/mol. The number of nitrogens with one attached hydrogen (secondary N) is 1. The second-order valence-electron chi connectivity index (χ2n) is 5.54. The summed E-state index contributed by atoms with van der Waals surface area (Å²) in [7, 11) is 1.82. The fourth-order valence-corrected chi connectivity index (χ4v) is 3.05. The van der Waals surface area contributed by atoms with Gasteiger partial charge in [-0.25, -0.2) is 0 Å². The minimum absolute atomic E-state index is 0.551. The van der Waals surface area contributed by atoms with Crippen molar-refractivity contribution in [1.82, 2.24) is 10.2 Å². The number of hydrogen-bond acceptors (Lipinski definition) is 3. The molecule has 108 valence electrons. The van der Waals surface area contributed by atoms with Gasteiger partial charge >= 0.3 is 0 Å². The van der Waals surface area contributed by atoms with Crippen molar-refractivity contribution in [3.63, 3.8) is 0 Å². The molecule has 1 aliphatic rings. The molecule has 18 heavy (non-hydrogen) atoms. The molecular weight excluding hydrogens is 224 g/mol. The number of likely N-dealkylation sites (N-methyl/N-ethyl adjacent to an activating group) is 1. The molecule has 0 aliphatic carbocycles. The number of likely N-dealkylation sites (tertiary alicyclic amines) is 1. The lowest BCUT2D eigenvalue weighted by Gasteiger charge is -2.30. The molecule has 3 heteroatoms. The van der Waals surface area contributed by atoms with Gasteiger partial charge < -0.3 is 10.1 Å². The van der Waals surface area contributed by atoms with Crippen molar-refractivity contribution in [2.75, 3.05) is 39.9 Å². The second kappa shape index (κ2) is 9.76. The molecule has 1 fully saturated rings. The van der Waals surface area contributed by atoms with E-state index < -0.39 is 0 Å². The van der Waals surface area contributed by atoms with Gasteiger partial charge in [0.2, 0.25) is 0 Å². The minimum atomic E-state index is 0.551. The van der Waals surface area contributed by atoms with Crippen LogP contribution in [-0.4, -0.2) is 50.8 Å². The minimum Gasteiger partial charge on any atom is -0.383 e. The van der Waals surface area contributed by atoms with Gasteiger partial charge in [0.25, 0.3) is 0 Å². The molecule has 2 atom stereocenters. The van der Waals surface area contributed by atoms with Gasteiger partial charge in [0.05, 0.1) is 6.61 Å².